The fourth-order valence-corrected chi connectivity index (χ4v) is 6.57. The number of methoxy groups -OCH3 is 1. The van der Waals surface area contributed by atoms with Crippen molar-refractivity contribution in [1.82, 2.24) is 5.32 Å². The minimum atomic E-state index is -0.0581. The number of thiophene rings is 1. The summed E-state index contributed by atoms with van der Waals surface area (Å²) in [5.41, 5.74) is 4.94. The number of aliphatic imine (C=N–C) groups is 1. The van der Waals surface area contributed by atoms with Crippen molar-refractivity contribution < 1.29 is 14.3 Å². The van der Waals surface area contributed by atoms with Crippen LogP contribution in [0.5, 0.6) is 11.5 Å². The van der Waals surface area contributed by atoms with Gasteiger partial charge in [-0.3, -0.25) is 4.79 Å². The third-order valence-electron chi connectivity index (χ3n) is 6.48. The molecule has 5 nitrogen and oxygen atoms in total. The van der Waals surface area contributed by atoms with E-state index in [0.717, 1.165) is 62.1 Å². The Labute approximate surface area is 241 Å². The predicted octanol–water partition coefficient (Wildman–Crippen LogP) is 7.50. The minimum Gasteiger partial charge on any atom is -0.493 e. The molecule has 1 aliphatic rings. The van der Waals surface area contributed by atoms with Gasteiger partial charge in [-0.2, -0.15) is 0 Å². The van der Waals surface area contributed by atoms with Crippen LogP contribution in [0.15, 0.2) is 77.8 Å². The van der Waals surface area contributed by atoms with Gasteiger partial charge in [0.2, 0.25) is 0 Å². The molecule has 3 aromatic carbocycles. The second-order valence-corrected chi connectivity index (χ2v) is 11.4. The number of carbonyl (C=O) groups excluding carboxylic acids is 1. The molecule has 0 spiro atoms. The molecule has 38 heavy (non-hydrogen) atoms. The first-order chi connectivity index (χ1) is 18.6. The summed E-state index contributed by atoms with van der Waals surface area (Å²) in [6.45, 7) is 0.954. The van der Waals surface area contributed by atoms with Crippen LogP contribution in [0.4, 0.5) is 5.00 Å². The maximum atomic E-state index is 13.4. The van der Waals surface area contributed by atoms with Crippen LogP contribution < -0.4 is 14.8 Å². The molecule has 0 radical (unpaired) electrons. The van der Waals surface area contributed by atoms with Crippen LogP contribution in [0.2, 0.25) is 0 Å². The number of rotatable bonds is 9. The number of aryl methyl sites for hydroxylation is 1. The minimum absolute atomic E-state index is 0.0581. The number of ether oxygens (including phenoxy) is 2. The van der Waals surface area contributed by atoms with Gasteiger partial charge in [0.1, 0.15) is 11.6 Å². The van der Waals surface area contributed by atoms with Crippen LogP contribution >= 0.6 is 33.9 Å². The van der Waals surface area contributed by atoms with Gasteiger partial charge in [-0.25, -0.2) is 4.99 Å². The van der Waals surface area contributed by atoms with E-state index in [-0.39, 0.29) is 5.91 Å². The van der Waals surface area contributed by atoms with Crippen molar-refractivity contribution in [3.8, 4) is 11.5 Å². The predicted molar refractivity (Wildman–Crippen MR) is 162 cm³/mol. The standard InChI is InChI=1S/C31H29IN2O3S/c1-36-26-17-23(16-25(32)29(26)37-20-22-12-6-3-7-13-22)19-34-31-28(24-14-8-9-15-27(24)38-31)30(35)33-18-21-10-4-2-5-11-21/h2-7,10-13,16-17,19H,8-9,14-15,18,20H2,1H3,(H,33,35)/b34-19-. The van der Waals surface area contributed by atoms with Gasteiger partial charge in [0.05, 0.1) is 16.2 Å². The van der Waals surface area contributed by atoms with Gasteiger partial charge in [-0.05, 0) is 82.7 Å². The van der Waals surface area contributed by atoms with E-state index in [9.17, 15) is 4.79 Å². The molecule has 1 N–H and O–H groups in total. The second-order valence-electron chi connectivity index (χ2n) is 9.13. The van der Waals surface area contributed by atoms with Gasteiger partial charge >= 0.3 is 0 Å². The van der Waals surface area contributed by atoms with Gasteiger partial charge in [0.15, 0.2) is 11.5 Å². The Balaban J connectivity index is 1.38. The highest BCUT2D eigenvalue weighted by Crippen LogP contribution is 2.40. The van der Waals surface area contributed by atoms with Gasteiger partial charge in [0.25, 0.3) is 5.91 Å². The molecule has 0 atom stereocenters. The summed E-state index contributed by atoms with van der Waals surface area (Å²) in [6.07, 6.45) is 6.01. The summed E-state index contributed by atoms with van der Waals surface area (Å²) in [7, 11) is 1.64. The Hall–Kier alpha value is -3.17. The number of hydrogen-bond acceptors (Lipinski definition) is 5. The smallest absolute Gasteiger partial charge is 0.254 e. The van der Waals surface area contributed by atoms with Crippen LogP contribution in [0.3, 0.4) is 0 Å². The summed E-state index contributed by atoms with van der Waals surface area (Å²) in [5.74, 6) is 1.31. The highest BCUT2D eigenvalue weighted by atomic mass is 127. The first kappa shape index (κ1) is 26.4. The number of nitrogens with zero attached hydrogens (tertiary/aromatic N) is 1. The van der Waals surface area contributed by atoms with Crippen molar-refractivity contribution in [1.29, 1.82) is 0 Å². The van der Waals surface area contributed by atoms with E-state index >= 15 is 0 Å². The number of hydrogen-bond donors (Lipinski definition) is 1. The van der Waals surface area contributed by atoms with Crippen LogP contribution in [-0.4, -0.2) is 19.2 Å². The summed E-state index contributed by atoms with van der Waals surface area (Å²) in [6, 6.07) is 24.0. The SMILES string of the molecule is COc1cc(/C=N\c2sc3c(c2C(=O)NCc2ccccc2)CCCC3)cc(I)c1OCc1ccccc1. The van der Waals surface area contributed by atoms with E-state index in [2.05, 4.69) is 27.9 Å². The lowest BCUT2D eigenvalue weighted by atomic mass is 9.95. The average molecular weight is 637 g/mol. The molecule has 1 aliphatic carbocycles. The zero-order chi connectivity index (χ0) is 26.3. The Morgan fingerprint density at radius 3 is 2.47 bits per heavy atom. The van der Waals surface area contributed by atoms with E-state index in [1.807, 2.05) is 79.0 Å². The fourth-order valence-electron chi connectivity index (χ4n) is 4.56. The summed E-state index contributed by atoms with van der Waals surface area (Å²) >= 11 is 3.91. The molecule has 1 heterocycles. The monoisotopic (exact) mass is 636 g/mol. The van der Waals surface area contributed by atoms with Gasteiger partial charge in [-0.15, -0.1) is 11.3 Å². The molecule has 194 valence electrons. The third-order valence-corrected chi connectivity index (χ3v) is 8.49. The van der Waals surface area contributed by atoms with Crippen molar-refractivity contribution in [2.75, 3.05) is 7.11 Å². The molecule has 1 amide bonds. The number of fused-ring (bicyclic) bond motifs is 1. The molecule has 7 heteroatoms. The van der Waals surface area contributed by atoms with Crippen molar-refractivity contribution >= 4 is 51.1 Å². The summed E-state index contributed by atoms with van der Waals surface area (Å²) in [5, 5.41) is 3.87. The van der Waals surface area contributed by atoms with Crippen LogP contribution in [0.1, 0.15) is 50.3 Å². The molecule has 4 aromatic rings. The Morgan fingerprint density at radius 1 is 1.03 bits per heavy atom. The van der Waals surface area contributed by atoms with E-state index in [1.165, 1.54) is 4.88 Å². The maximum absolute atomic E-state index is 13.4. The lowest BCUT2D eigenvalue weighted by molar-refractivity contribution is 0.0951. The molecule has 0 unspecified atom stereocenters. The largest absolute Gasteiger partial charge is 0.493 e. The number of benzene rings is 3. The molecule has 5 rings (SSSR count). The van der Waals surface area contributed by atoms with Crippen molar-refractivity contribution in [3.63, 3.8) is 0 Å². The quantitative estimate of drug-likeness (QED) is 0.153. The Morgan fingerprint density at radius 2 is 1.74 bits per heavy atom. The fraction of sp³-hybridized carbons (Fsp3) is 0.226. The maximum Gasteiger partial charge on any atom is 0.254 e. The topological polar surface area (TPSA) is 59.9 Å². The second kappa shape index (κ2) is 12.6. The lowest BCUT2D eigenvalue weighted by Crippen LogP contribution is -2.24. The zero-order valence-electron chi connectivity index (χ0n) is 21.2. The molecule has 0 fully saturated rings. The van der Waals surface area contributed by atoms with Crippen LogP contribution in [0, 0.1) is 3.57 Å². The third kappa shape index (κ3) is 6.27. The molecule has 0 aliphatic heterocycles. The highest BCUT2D eigenvalue weighted by molar-refractivity contribution is 14.1. The van der Waals surface area contributed by atoms with Gasteiger partial charge in [0, 0.05) is 17.6 Å². The molecule has 0 saturated carbocycles. The van der Waals surface area contributed by atoms with Crippen molar-refractivity contribution in [2.45, 2.75) is 38.8 Å². The molecule has 1 aromatic heterocycles. The zero-order valence-corrected chi connectivity index (χ0v) is 24.2. The van der Waals surface area contributed by atoms with Crippen molar-refractivity contribution in [2.24, 2.45) is 4.99 Å². The van der Waals surface area contributed by atoms with Gasteiger partial charge in [-0.1, -0.05) is 60.7 Å². The average Bonchev–Trinajstić information content (AvgIpc) is 3.33. The number of carbonyl (C=O) groups is 1. The molecular weight excluding hydrogens is 607 g/mol. The first-order valence-electron chi connectivity index (χ1n) is 12.7. The van der Waals surface area contributed by atoms with E-state index < -0.39 is 0 Å². The molecule has 0 bridgehead atoms. The van der Waals surface area contributed by atoms with E-state index in [4.69, 9.17) is 14.5 Å². The highest BCUT2D eigenvalue weighted by Gasteiger charge is 2.25. The normalized spacial score (nSPS) is 12.8. The number of halogens is 1. The molecule has 0 saturated heterocycles. The van der Waals surface area contributed by atoms with Crippen LogP contribution in [0.25, 0.3) is 0 Å². The Bertz CT molecular complexity index is 1430. The molecular formula is C31H29IN2O3S. The number of amides is 1. The summed E-state index contributed by atoms with van der Waals surface area (Å²) < 4.78 is 12.7. The van der Waals surface area contributed by atoms with Crippen LogP contribution in [-0.2, 0) is 26.0 Å². The first-order valence-corrected chi connectivity index (χ1v) is 14.6. The van der Waals surface area contributed by atoms with E-state index in [0.29, 0.717) is 24.7 Å². The van der Waals surface area contributed by atoms with E-state index in [1.54, 1.807) is 18.4 Å². The lowest BCUT2D eigenvalue weighted by Gasteiger charge is -2.13. The van der Waals surface area contributed by atoms with Gasteiger partial charge < -0.3 is 14.8 Å². The Kier molecular flexibility index (Phi) is 8.75. The van der Waals surface area contributed by atoms with Crippen molar-refractivity contribution in [3.05, 3.63) is 109 Å². The number of nitrogens with one attached hydrogen (secondary N) is 1. The summed E-state index contributed by atoms with van der Waals surface area (Å²) in [4.78, 5) is 19.5.